The Kier molecular flexibility index (Phi) is 55.5. The van der Waals surface area contributed by atoms with E-state index in [1.807, 2.05) is 0 Å². The number of aliphatic hydroxyl groups is 2. The molecule has 6 nitrogen and oxygen atoms in total. The Labute approximate surface area is 418 Å². The van der Waals surface area contributed by atoms with Crippen molar-refractivity contribution in [1.82, 2.24) is 5.32 Å². The zero-order valence-corrected chi connectivity index (χ0v) is 45.1. The molecule has 0 saturated heterocycles. The first-order valence-corrected chi connectivity index (χ1v) is 30.1. The van der Waals surface area contributed by atoms with E-state index in [9.17, 15) is 19.8 Å². The molecule has 0 aliphatic carbocycles. The van der Waals surface area contributed by atoms with Crippen LogP contribution in [-0.4, -0.2) is 47.4 Å². The highest BCUT2D eigenvalue weighted by Crippen LogP contribution is 2.18. The van der Waals surface area contributed by atoms with Crippen molar-refractivity contribution in [2.75, 3.05) is 13.2 Å². The maximum atomic E-state index is 12.4. The first-order valence-electron chi connectivity index (χ1n) is 30.1. The molecule has 2 atom stereocenters. The molecule has 0 bridgehead atoms. The molecule has 0 aromatic heterocycles. The molecule has 0 saturated carbocycles. The van der Waals surface area contributed by atoms with Crippen molar-refractivity contribution in [3.8, 4) is 0 Å². The van der Waals surface area contributed by atoms with Crippen molar-refractivity contribution >= 4 is 11.9 Å². The fraction of sp³-hybridized carbons (Fsp3) is 0.902. The van der Waals surface area contributed by atoms with Gasteiger partial charge in [-0.05, 0) is 57.8 Å². The summed E-state index contributed by atoms with van der Waals surface area (Å²) < 4.78 is 5.50. The summed E-state index contributed by atoms with van der Waals surface area (Å²) in [6, 6.07) is -0.540. The predicted octanol–water partition coefficient (Wildman–Crippen LogP) is 18.6. The third-order valence-corrected chi connectivity index (χ3v) is 14.0. The Morgan fingerprint density at radius 1 is 0.418 bits per heavy atom. The lowest BCUT2D eigenvalue weighted by Gasteiger charge is -2.22. The summed E-state index contributed by atoms with van der Waals surface area (Å²) in [5.74, 6) is -0.0284. The van der Waals surface area contributed by atoms with E-state index in [0.29, 0.717) is 25.9 Å². The lowest BCUT2D eigenvalue weighted by molar-refractivity contribution is -0.143. The molecule has 67 heavy (non-hydrogen) atoms. The van der Waals surface area contributed by atoms with Crippen LogP contribution in [0.25, 0.3) is 0 Å². The van der Waals surface area contributed by atoms with E-state index in [4.69, 9.17) is 4.74 Å². The Hall–Kier alpha value is -1.66. The Morgan fingerprint density at radius 3 is 1.16 bits per heavy atom. The van der Waals surface area contributed by atoms with Crippen LogP contribution in [0, 0.1) is 0 Å². The second kappa shape index (κ2) is 56.9. The van der Waals surface area contributed by atoms with Crippen molar-refractivity contribution in [3.05, 3.63) is 24.3 Å². The minimum absolute atomic E-state index is 0.00841. The predicted molar refractivity (Wildman–Crippen MR) is 292 cm³/mol. The van der Waals surface area contributed by atoms with E-state index in [2.05, 4.69) is 43.5 Å². The van der Waals surface area contributed by atoms with Gasteiger partial charge in [0.05, 0.1) is 25.4 Å². The minimum atomic E-state index is -0.663. The van der Waals surface area contributed by atoms with Gasteiger partial charge < -0.3 is 20.3 Å². The van der Waals surface area contributed by atoms with Gasteiger partial charge in [0.2, 0.25) is 5.91 Å². The molecule has 2 unspecified atom stereocenters. The number of hydrogen-bond acceptors (Lipinski definition) is 5. The van der Waals surface area contributed by atoms with Gasteiger partial charge in [0, 0.05) is 12.8 Å². The monoisotopic (exact) mass is 944 g/mol. The van der Waals surface area contributed by atoms with Gasteiger partial charge in [0.25, 0.3) is 0 Å². The molecule has 3 N–H and O–H groups in total. The topological polar surface area (TPSA) is 95.9 Å². The van der Waals surface area contributed by atoms with Crippen LogP contribution < -0.4 is 5.32 Å². The maximum absolute atomic E-state index is 12.4. The zero-order chi connectivity index (χ0) is 48.6. The van der Waals surface area contributed by atoms with Crippen molar-refractivity contribution in [1.29, 1.82) is 0 Å². The van der Waals surface area contributed by atoms with Gasteiger partial charge in [0.1, 0.15) is 0 Å². The van der Waals surface area contributed by atoms with Gasteiger partial charge in [-0.2, -0.15) is 0 Å². The Bertz CT molecular complexity index is 1040. The molecule has 0 rings (SSSR count). The van der Waals surface area contributed by atoms with Gasteiger partial charge in [0.15, 0.2) is 0 Å². The molecule has 0 heterocycles. The SMILES string of the molecule is CCCCC/C=C\C/C=C\CCCCCCCCCCCC(=O)OCCCCCCCCCCCCCCCCCCCCCCCC(=O)NC(CO)C(O)CCCCCCCCCCCC. The van der Waals surface area contributed by atoms with E-state index < -0.39 is 12.1 Å². The molecule has 396 valence electrons. The number of ether oxygens (including phenoxy) is 1. The summed E-state index contributed by atoms with van der Waals surface area (Å²) in [6.45, 7) is 4.92. The lowest BCUT2D eigenvalue weighted by atomic mass is 10.0. The highest BCUT2D eigenvalue weighted by molar-refractivity contribution is 5.76. The normalized spacial score (nSPS) is 12.7. The number of esters is 1. The highest BCUT2D eigenvalue weighted by Gasteiger charge is 2.20. The van der Waals surface area contributed by atoms with E-state index in [0.717, 1.165) is 51.4 Å². The molecular weight excluding hydrogens is 827 g/mol. The number of nitrogens with one attached hydrogen (secondary N) is 1. The van der Waals surface area contributed by atoms with Crippen LogP contribution in [0.1, 0.15) is 328 Å². The van der Waals surface area contributed by atoms with Gasteiger partial charge >= 0.3 is 5.97 Å². The van der Waals surface area contributed by atoms with Crippen LogP contribution in [0.2, 0.25) is 0 Å². The summed E-state index contributed by atoms with van der Waals surface area (Å²) in [5.41, 5.74) is 0. The van der Waals surface area contributed by atoms with Crippen LogP contribution in [-0.2, 0) is 14.3 Å². The minimum Gasteiger partial charge on any atom is -0.466 e. The van der Waals surface area contributed by atoms with Gasteiger partial charge in [-0.1, -0.05) is 282 Å². The number of carbonyl (C=O) groups excluding carboxylic acids is 2. The summed E-state index contributed by atoms with van der Waals surface area (Å²) >= 11 is 0. The number of amides is 1. The van der Waals surface area contributed by atoms with E-state index in [1.165, 1.54) is 244 Å². The third kappa shape index (κ3) is 53.5. The molecule has 0 fully saturated rings. The third-order valence-electron chi connectivity index (χ3n) is 14.0. The summed E-state index contributed by atoms with van der Waals surface area (Å²) in [5, 5.41) is 23.1. The second-order valence-corrected chi connectivity index (χ2v) is 20.7. The Balaban J connectivity index is 3.35. The second-order valence-electron chi connectivity index (χ2n) is 20.7. The number of allylic oxidation sites excluding steroid dienone is 4. The van der Waals surface area contributed by atoms with Gasteiger partial charge in [-0.25, -0.2) is 0 Å². The van der Waals surface area contributed by atoms with Crippen LogP contribution in [0.15, 0.2) is 24.3 Å². The molecule has 0 radical (unpaired) electrons. The molecule has 0 aromatic carbocycles. The summed E-state index contributed by atoms with van der Waals surface area (Å²) in [4.78, 5) is 24.5. The van der Waals surface area contributed by atoms with Crippen molar-refractivity contribution in [2.45, 2.75) is 341 Å². The van der Waals surface area contributed by atoms with E-state index in [1.54, 1.807) is 0 Å². The van der Waals surface area contributed by atoms with Crippen molar-refractivity contribution in [3.63, 3.8) is 0 Å². The number of carbonyl (C=O) groups is 2. The number of aliphatic hydroxyl groups excluding tert-OH is 2. The first-order chi connectivity index (χ1) is 33.0. The molecule has 0 aliphatic rings. The molecular formula is C61H117NO5. The van der Waals surface area contributed by atoms with Crippen molar-refractivity contribution in [2.24, 2.45) is 0 Å². The van der Waals surface area contributed by atoms with Crippen LogP contribution in [0.4, 0.5) is 0 Å². The largest absolute Gasteiger partial charge is 0.466 e. The van der Waals surface area contributed by atoms with Gasteiger partial charge in [-0.15, -0.1) is 0 Å². The molecule has 0 spiro atoms. The van der Waals surface area contributed by atoms with Crippen LogP contribution >= 0.6 is 0 Å². The molecule has 6 heteroatoms. The smallest absolute Gasteiger partial charge is 0.305 e. The van der Waals surface area contributed by atoms with Gasteiger partial charge in [-0.3, -0.25) is 9.59 Å². The average molecular weight is 945 g/mol. The molecule has 0 aromatic rings. The van der Waals surface area contributed by atoms with Crippen LogP contribution in [0.5, 0.6) is 0 Å². The van der Waals surface area contributed by atoms with Crippen LogP contribution in [0.3, 0.4) is 0 Å². The first kappa shape index (κ1) is 65.3. The fourth-order valence-electron chi connectivity index (χ4n) is 9.38. The fourth-order valence-corrected chi connectivity index (χ4v) is 9.38. The standard InChI is InChI=1S/C61H117NO5/c1-3-5-7-9-11-13-15-16-17-18-22-26-29-32-35-39-43-47-51-55-61(66)67-56-52-48-44-40-36-33-30-27-24-21-19-20-23-25-28-31-34-38-42-46-50-54-60(65)62-58(57-63)59(64)53-49-45-41-37-14-12-10-8-6-4-2/h11,13,16-17,58-59,63-64H,3-10,12,14-15,18-57H2,1-2H3,(H,62,65)/b13-11-,17-16-. The molecule has 0 aliphatic heterocycles. The lowest BCUT2D eigenvalue weighted by Crippen LogP contribution is -2.45. The summed E-state index contributed by atoms with van der Waals surface area (Å²) in [6.07, 6.45) is 69.0. The number of hydrogen-bond donors (Lipinski definition) is 3. The maximum Gasteiger partial charge on any atom is 0.305 e. The number of rotatable bonds is 56. The Morgan fingerprint density at radius 2 is 0.746 bits per heavy atom. The summed E-state index contributed by atoms with van der Waals surface area (Å²) in [7, 11) is 0. The molecule has 1 amide bonds. The zero-order valence-electron chi connectivity index (χ0n) is 45.1. The number of unbranched alkanes of at least 4 members (excludes halogenated alkanes) is 41. The van der Waals surface area contributed by atoms with Crippen molar-refractivity contribution < 1.29 is 24.5 Å². The average Bonchev–Trinajstić information content (AvgIpc) is 3.33. The van der Waals surface area contributed by atoms with E-state index >= 15 is 0 Å². The van der Waals surface area contributed by atoms with E-state index in [-0.39, 0.29) is 18.5 Å². The quantitative estimate of drug-likeness (QED) is 0.0321. The highest BCUT2D eigenvalue weighted by atomic mass is 16.5.